The second-order valence-electron chi connectivity index (χ2n) is 4.06. The molecule has 0 aliphatic carbocycles. The summed E-state index contributed by atoms with van der Waals surface area (Å²) in [5, 5.41) is 3.87. The minimum atomic E-state index is -4.55. The molecule has 0 bridgehead atoms. The van der Waals surface area contributed by atoms with Gasteiger partial charge in [-0.3, -0.25) is 4.68 Å². The van der Waals surface area contributed by atoms with Crippen molar-refractivity contribution in [2.45, 2.75) is 12.7 Å². The lowest BCUT2D eigenvalue weighted by Gasteiger charge is -2.14. The normalized spacial score (nSPS) is 11.4. The van der Waals surface area contributed by atoms with E-state index in [1.165, 1.54) is 23.0 Å². The summed E-state index contributed by atoms with van der Waals surface area (Å²) in [6.07, 6.45) is -1.50. The number of methoxy groups -OCH3 is 1. The van der Waals surface area contributed by atoms with E-state index in [0.29, 0.717) is 0 Å². The van der Waals surface area contributed by atoms with Crippen molar-refractivity contribution in [3.63, 3.8) is 0 Å². The Hall–Kier alpha value is -2.31. The van der Waals surface area contributed by atoms with Crippen molar-refractivity contribution in [1.29, 1.82) is 0 Å². The number of benzene rings is 1. The number of carbonyl (C=O) groups excluding carboxylic acids is 1. The number of ether oxygens (including phenoxy) is 1. The van der Waals surface area contributed by atoms with Gasteiger partial charge in [0, 0.05) is 12.4 Å². The van der Waals surface area contributed by atoms with E-state index in [1.54, 1.807) is 12.3 Å². The first-order chi connectivity index (χ1) is 9.41. The molecule has 7 heteroatoms. The molecule has 4 nitrogen and oxygen atoms in total. The lowest BCUT2D eigenvalue weighted by molar-refractivity contribution is -0.138. The fourth-order valence-corrected chi connectivity index (χ4v) is 1.79. The molecule has 0 aliphatic heterocycles. The van der Waals surface area contributed by atoms with Crippen molar-refractivity contribution < 1.29 is 22.7 Å². The Morgan fingerprint density at radius 2 is 2.15 bits per heavy atom. The first-order valence-corrected chi connectivity index (χ1v) is 5.67. The summed E-state index contributed by atoms with van der Waals surface area (Å²) in [6.45, 7) is -0.0245. The molecule has 106 valence electrons. The predicted octanol–water partition coefficient (Wildman–Crippen LogP) is 2.74. The lowest BCUT2D eigenvalue weighted by atomic mass is 10.0. The molecule has 2 aromatic rings. The molecule has 2 rings (SSSR count). The molecule has 0 N–H and O–H groups in total. The van der Waals surface area contributed by atoms with Crippen LogP contribution in [0, 0.1) is 0 Å². The molecule has 0 spiro atoms. The largest absolute Gasteiger partial charge is 0.465 e. The zero-order valence-electron chi connectivity index (χ0n) is 10.5. The molecule has 1 heterocycles. The van der Waals surface area contributed by atoms with E-state index in [-0.39, 0.29) is 17.7 Å². The molecule has 20 heavy (non-hydrogen) atoms. The second kappa shape index (κ2) is 5.36. The Bertz CT molecular complexity index is 607. The Balaban J connectivity index is 2.43. The Labute approximate surface area is 112 Å². The summed E-state index contributed by atoms with van der Waals surface area (Å²) in [5.74, 6) is -0.805. The quantitative estimate of drug-likeness (QED) is 0.814. The molecular weight excluding hydrogens is 273 g/mol. The van der Waals surface area contributed by atoms with Crippen LogP contribution in [0.3, 0.4) is 0 Å². The third-order valence-corrected chi connectivity index (χ3v) is 2.73. The van der Waals surface area contributed by atoms with Crippen molar-refractivity contribution >= 4 is 5.97 Å². The lowest BCUT2D eigenvalue weighted by Crippen LogP contribution is -2.14. The number of hydrogen-bond donors (Lipinski definition) is 0. The van der Waals surface area contributed by atoms with Gasteiger partial charge in [0.1, 0.15) is 0 Å². The Kier molecular flexibility index (Phi) is 3.78. The molecule has 0 unspecified atom stereocenters. The first-order valence-electron chi connectivity index (χ1n) is 5.67. The number of hydrogen-bond acceptors (Lipinski definition) is 3. The fraction of sp³-hybridized carbons (Fsp3) is 0.231. The second-order valence-corrected chi connectivity index (χ2v) is 4.06. The molecule has 0 amide bonds. The predicted molar refractivity (Wildman–Crippen MR) is 64.1 cm³/mol. The van der Waals surface area contributed by atoms with E-state index in [4.69, 9.17) is 0 Å². The van der Waals surface area contributed by atoms with Gasteiger partial charge < -0.3 is 4.74 Å². The van der Waals surface area contributed by atoms with Gasteiger partial charge in [0.15, 0.2) is 0 Å². The summed E-state index contributed by atoms with van der Waals surface area (Å²) in [6, 6.07) is 4.98. The zero-order chi connectivity index (χ0) is 14.8. The Morgan fingerprint density at radius 3 is 2.70 bits per heavy atom. The van der Waals surface area contributed by atoms with Crippen LogP contribution in [-0.2, 0) is 17.5 Å². The van der Waals surface area contributed by atoms with Crippen LogP contribution in [-0.4, -0.2) is 22.9 Å². The van der Waals surface area contributed by atoms with Crippen LogP contribution in [0.4, 0.5) is 13.2 Å². The Morgan fingerprint density at radius 1 is 1.40 bits per heavy atom. The van der Waals surface area contributed by atoms with E-state index in [9.17, 15) is 18.0 Å². The van der Waals surface area contributed by atoms with E-state index in [2.05, 4.69) is 9.84 Å². The summed E-state index contributed by atoms with van der Waals surface area (Å²) < 4.78 is 44.9. The number of carbonyl (C=O) groups is 1. The number of rotatable bonds is 3. The smallest absolute Gasteiger partial charge is 0.416 e. The zero-order valence-corrected chi connectivity index (χ0v) is 10.5. The van der Waals surface area contributed by atoms with Crippen LogP contribution in [0.2, 0.25) is 0 Å². The summed E-state index contributed by atoms with van der Waals surface area (Å²) in [5.41, 5.74) is -0.964. The van der Waals surface area contributed by atoms with Crippen molar-refractivity contribution in [2.75, 3.05) is 7.11 Å². The van der Waals surface area contributed by atoms with E-state index in [1.807, 2.05) is 0 Å². The van der Waals surface area contributed by atoms with E-state index < -0.39 is 17.7 Å². The highest BCUT2D eigenvalue weighted by atomic mass is 19.4. The van der Waals surface area contributed by atoms with Crippen LogP contribution >= 0.6 is 0 Å². The van der Waals surface area contributed by atoms with Crippen molar-refractivity contribution in [3.8, 4) is 0 Å². The van der Waals surface area contributed by atoms with Gasteiger partial charge in [-0.15, -0.1) is 0 Å². The van der Waals surface area contributed by atoms with Crippen molar-refractivity contribution in [2.24, 2.45) is 0 Å². The van der Waals surface area contributed by atoms with Crippen LogP contribution < -0.4 is 0 Å². The van der Waals surface area contributed by atoms with Gasteiger partial charge in [0.05, 0.1) is 24.8 Å². The van der Waals surface area contributed by atoms with Gasteiger partial charge >= 0.3 is 12.1 Å². The van der Waals surface area contributed by atoms with E-state index in [0.717, 1.165) is 13.2 Å². The monoisotopic (exact) mass is 284 g/mol. The van der Waals surface area contributed by atoms with Gasteiger partial charge in [0.25, 0.3) is 0 Å². The molecule has 0 radical (unpaired) electrons. The highest BCUT2D eigenvalue weighted by Crippen LogP contribution is 2.33. The SMILES string of the molecule is COC(=O)c1ccc(Cn2cccn2)c(C(F)(F)F)c1. The van der Waals surface area contributed by atoms with Gasteiger partial charge in [-0.1, -0.05) is 6.07 Å². The third kappa shape index (κ3) is 2.98. The standard InChI is InChI=1S/C13H11F3N2O2/c1-20-12(19)9-3-4-10(8-18-6-2-5-17-18)11(7-9)13(14,15)16/h2-7H,8H2,1H3. The molecule has 0 fully saturated rings. The number of aromatic nitrogens is 2. The minimum Gasteiger partial charge on any atom is -0.465 e. The molecule has 0 atom stereocenters. The molecule has 0 saturated carbocycles. The maximum Gasteiger partial charge on any atom is 0.416 e. The number of nitrogens with zero attached hydrogens (tertiary/aromatic N) is 2. The number of halogens is 3. The van der Waals surface area contributed by atoms with Crippen LogP contribution in [0.1, 0.15) is 21.5 Å². The van der Waals surface area contributed by atoms with Crippen molar-refractivity contribution in [1.82, 2.24) is 9.78 Å². The molecule has 1 aromatic heterocycles. The maximum absolute atomic E-state index is 13.0. The van der Waals surface area contributed by atoms with E-state index >= 15 is 0 Å². The van der Waals surface area contributed by atoms with Gasteiger partial charge in [0.2, 0.25) is 0 Å². The molecule has 0 saturated heterocycles. The van der Waals surface area contributed by atoms with Crippen LogP contribution in [0.25, 0.3) is 0 Å². The maximum atomic E-state index is 13.0. The van der Waals surface area contributed by atoms with Gasteiger partial charge in [-0.25, -0.2) is 4.79 Å². The molecule has 0 aliphatic rings. The van der Waals surface area contributed by atoms with Crippen LogP contribution in [0.5, 0.6) is 0 Å². The summed E-state index contributed by atoms with van der Waals surface area (Å²) in [4.78, 5) is 11.3. The highest BCUT2D eigenvalue weighted by Gasteiger charge is 2.34. The fourth-order valence-electron chi connectivity index (χ4n) is 1.79. The number of esters is 1. The average Bonchev–Trinajstić information content (AvgIpc) is 2.90. The first kappa shape index (κ1) is 14.1. The molecule has 1 aromatic carbocycles. The van der Waals surface area contributed by atoms with Crippen LogP contribution in [0.15, 0.2) is 36.7 Å². The average molecular weight is 284 g/mol. The topological polar surface area (TPSA) is 44.1 Å². The number of alkyl halides is 3. The van der Waals surface area contributed by atoms with Gasteiger partial charge in [-0.2, -0.15) is 18.3 Å². The van der Waals surface area contributed by atoms with Crippen molar-refractivity contribution in [3.05, 3.63) is 53.3 Å². The highest BCUT2D eigenvalue weighted by molar-refractivity contribution is 5.89. The summed E-state index contributed by atoms with van der Waals surface area (Å²) >= 11 is 0. The summed E-state index contributed by atoms with van der Waals surface area (Å²) in [7, 11) is 1.12. The third-order valence-electron chi connectivity index (χ3n) is 2.73. The van der Waals surface area contributed by atoms with Gasteiger partial charge in [-0.05, 0) is 23.8 Å². The minimum absolute atomic E-state index is 0.0245. The molecular formula is C13H11F3N2O2.